The fourth-order valence-electron chi connectivity index (χ4n) is 3.17. The molecule has 0 saturated carbocycles. The molecular weight excluding hydrogens is 414 g/mol. The van der Waals surface area contributed by atoms with Crippen LogP contribution in [0.4, 0.5) is 5.69 Å². The molecule has 1 N–H and O–H groups in total. The van der Waals surface area contributed by atoms with Crippen molar-refractivity contribution >= 4 is 39.9 Å². The second kappa shape index (κ2) is 8.66. The van der Waals surface area contributed by atoms with Gasteiger partial charge in [0.25, 0.3) is 5.91 Å². The van der Waals surface area contributed by atoms with Gasteiger partial charge in [-0.3, -0.25) is 9.59 Å². The Kier molecular flexibility index (Phi) is 5.78. The summed E-state index contributed by atoms with van der Waals surface area (Å²) < 4.78 is 11.5. The van der Waals surface area contributed by atoms with Crippen LogP contribution in [-0.2, 0) is 4.79 Å². The number of fused-ring (bicyclic) bond motifs is 1. The summed E-state index contributed by atoms with van der Waals surface area (Å²) in [6.45, 7) is 3.56. The first kappa shape index (κ1) is 20.7. The molecule has 0 aliphatic rings. The van der Waals surface area contributed by atoms with Crippen molar-refractivity contribution in [1.82, 2.24) is 0 Å². The van der Waals surface area contributed by atoms with Gasteiger partial charge in [-0.05, 0) is 38.1 Å². The van der Waals surface area contributed by atoms with Gasteiger partial charge in [-0.15, -0.1) is 0 Å². The highest BCUT2D eigenvalue weighted by molar-refractivity contribution is 6.32. The lowest BCUT2D eigenvalue weighted by molar-refractivity contribution is -0.122. The molecule has 1 atom stereocenters. The smallest absolute Gasteiger partial charge is 0.265 e. The van der Waals surface area contributed by atoms with E-state index in [2.05, 4.69) is 5.32 Å². The highest BCUT2D eigenvalue weighted by atomic mass is 35.5. The zero-order valence-electron chi connectivity index (χ0n) is 17.0. The van der Waals surface area contributed by atoms with E-state index in [1.165, 1.54) is 0 Å². The van der Waals surface area contributed by atoms with Gasteiger partial charge < -0.3 is 14.5 Å². The lowest BCUT2D eigenvalue weighted by atomic mass is 10.1. The van der Waals surface area contributed by atoms with Crippen LogP contribution in [0, 0.1) is 6.92 Å². The number of ether oxygens (including phenoxy) is 1. The van der Waals surface area contributed by atoms with Gasteiger partial charge in [0.2, 0.25) is 5.78 Å². The van der Waals surface area contributed by atoms with Crippen LogP contribution in [0.1, 0.15) is 28.6 Å². The number of amides is 1. The van der Waals surface area contributed by atoms with Crippen molar-refractivity contribution in [1.29, 1.82) is 0 Å². The summed E-state index contributed by atoms with van der Waals surface area (Å²) in [6, 6.07) is 21.3. The average molecular weight is 434 g/mol. The number of hydrogen-bond donors (Lipinski definition) is 1. The minimum Gasteiger partial charge on any atom is -0.479 e. The average Bonchev–Trinajstić information content (AvgIpc) is 3.13. The Morgan fingerprint density at radius 3 is 2.39 bits per heavy atom. The molecule has 1 amide bonds. The fraction of sp³-hybridized carbons (Fsp3) is 0.120. The normalized spacial score (nSPS) is 11.8. The summed E-state index contributed by atoms with van der Waals surface area (Å²) in [4.78, 5) is 26.0. The maximum absolute atomic E-state index is 13.1. The Morgan fingerprint density at radius 1 is 0.968 bits per heavy atom. The van der Waals surface area contributed by atoms with Crippen molar-refractivity contribution in [3.63, 3.8) is 0 Å². The van der Waals surface area contributed by atoms with E-state index in [0.29, 0.717) is 33.0 Å². The van der Waals surface area contributed by atoms with Crippen LogP contribution in [0.3, 0.4) is 0 Å². The molecule has 0 radical (unpaired) electrons. The van der Waals surface area contributed by atoms with Gasteiger partial charge in [0, 0.05) is 10.9 Å². The van der Waals surface area contributed by atoms with Crippen molar-refractivity contribution < 1.29 is 18.7 Å². The number of carbonyl (C=O) groups is 2. The predicted molar refractivity (Wildman–Crippen MR) is 121 cm³/mol. The molecule has 5 nitrogen and oxygen atoms in total. The SMILES string of the molecule is Cc1ccc(C(=O)c2oc3ccccc3c2NC(=O)[C@@H](C)Oc2ccccc2Cl)cc1. The van der Waals surface area contributed by atoms with Crippen LogP contribution in [0.2, 0.25) is 5.02 Å². The van der Waals surface area contributed by atoms with E-state index in [0.717, 1.165) is 5.56 Å². The molecule has 0 fully saturated rings. The molecule has 3 aromatic carbocycles. The number of furan rings is 1. The highest BCUT2D eigenvalue weighted by Crippen LogP contribution is 2.33. The Hall–Kier alpha value is -3.57. The Balaban J connectivity index is 1.65. The molecule has 6 heteroatoms. The molecule has 156 valence electrons. The lowest BCUT2D eigenvalue weighted by Crippen LogP contribution is -2.30. The zero-order chi connectivity index (χ0) is 22.0. The van der Waals surface area contributed by atoms with Gasteiger partial charge in [0.15, 0.2) is 11.9 Å². The summed E-state index contributed by atoms with van der Waals surface area (Å²) >= 11 is 6.12. The maximum atomic E-state index is 13.1. The predicted octanol–water partition coefficient (Wildman–Crippen LogP) is 6.03. The van der Waals surface area contributed by atoms with Crippen LogP contribution in [-0.4, -0.2) is 17.8 Å². The molecule has 1 heterocycles. The van der Waals surface area contributed by atoms with Gasteiger partial charge in [0.05, 0.1) is 10.7 Å². The number of rotatable bonds is 6. The molecule has 0 saturated heterocycles. The number of aryl methyl sites for hydroxylation is 1. The number of nitrogens with one attached hydrogen (secondary N) is 1. The molecular formula is C25H20ClNO4. The number of anilines is 1. The zero-order valence-corrected chi connectivity index (χ0v) is 17.8. The minimum atomic E-state index is -0.851. The maximum Gasteiger partial charge on any atom is 0.265 e. The first-order valence-electron chi connectivity index (χ1n) is 9.79. The van der Waals surface area contributed by atoms with Crippen LogP contribution in [0.25, 0.3) is 11.0 Å². The number of para-hydroxylation sites is 2. The van der Waals surface area contributed by atoms with E-state index in [4.69, 9.17) is 20.8 Å². The standard InChI is InChI=1S/C25H20ClNO4/c1-15-11-13-17(14-12-15)23(28)24-22(18-7-3-5-9-20(18)31-24)27-25(29)16(2)30-21-10-6-4-8-19(21)26/h3-14,16H,1-2H3,(H,27,29)/t16-/m1/s1. The van der Waals surface area contributed by atoms with Gasteiger partial charge >= 0.3 is 0 Å². The number of benzene rings is 3. The number of ketones is 1. The topological polar surface area (TPSA) is 68.5 Å². The van der Waals surface area contributed by atoms with Gasteiger partial charge in [0.1, 0.15) is 11.3 Å². The third-order valence-corrected chi connectivity index (χ3v) is 5.19. The first-order chi connectivity index (χ1) is 14.9. The summed E-state index contributed by atoms with van der Waals surface area (Å²) in [5.41, 5.74) is 2.34. The second-order valence-corrected chi connectivity index (χ2v) is 7.58. The van der Waals surface area contributed by atoms with Crippen LogP contribution < -0.4 is 10.1 Å². The van der Waals surface area contributed by atoms with E-state index < -0.39 is 12.0 Å². The summed E-state index contributed by atoms with van der Waals surface area (Å²) in [5, 5.41) is 3.86. The molecule has 0 aliphatic heterocycles. The summed E-state index contributed by atoms with van der Waals surface area (Å²) in [5.74, 6) is -0.265. The second-order valence-electron chi connectivity index (χ2n) is 7.18. The van der Waals surface area contributed by atoms with E-state index in [1.54, 1.807) is 61.5 Å². The lowest BCUT2D eigenvalue weighted by Gasteiger charge is -2.15. The molecule has 0 aliphatic carbocycles. The van der Waals surface area contributed by atoms with E-state index >= 15 is 0 Å². The highest BCUT2D eigenvalue weighted by Gasteiger charge is 2.25. The monoisotopic (exact) mass is 433 g/mol. The van der Waals surface area contributed by atoms with Crippen molar-refractivity contribution in [2.75, 3.05) is 5.32 Å². The Morgan fingerprint density at radius 2 is 1.65 bits per heavy atom. The molecule has 4 aromatic rings. The van der Waals surface area contributed by atoms with Crippen molar-refractivity contribution in [2.24, 2.45) is 0 Å². The third-order valence-electron chi connectivity index (χ3n) is 4.87. The van der Waals surface area contributed by atoms with Crippen LogP contribution >= 0.6 is 11.6 Å². The Labute approximate surface area is 184 Å². The number of hydrogen-bond acceptors (Lipinski definition) is 4. The van der Waals surface area contributed by atoms with Crippen molar-refractivity contribution in [2.45, 2.75) is 20.0 Å². The van der Waals surface area contributed by atoms with Crippen molar-refractivity contribution in [3.05, 3.63) is 94.7 Å². The molecule has 1 aromatic heterocycles. The van der Waals surface area contributed by atoms with E-state index in [1.807, 2.05) is 25.1 Å². The number of carbonyl (C=O) groups excluding carboxylic acids is 2. The van der Waals surface area contributed by atoms with E-state index in [9.17, 15) is 9.59 Å². The first-order valence-corrected chi connectivity index (χ1v) is 10.2. The quantitative estimate of drug-likeness (QED) is 0.377. The molecule has 0 bridgehead atoms. The molecule has 4 rings (SSSR count). The largest absolute Gasteiger partial charge is 0.479 e. The third kappa shape index (κ3) is 4.32. The fourth-order valence-corrected chi connectivity index (χ4v) is 3.35. The number of halogens is 1. The summed E-state index contributed by atoms with van der Waals surface area (Å²) in [6.07, 6.45) is -0.851. The van der Waals surface area contributed by atoms with E-state index in [-0.39, 0.29) is 11.5 Å². The van der Waals surface area contributed by atoms with Gasteiger partial charge in [-0.2, -0.15) is 0 Å². The molecule has 31 heavy (non-hydrogen) atoms. The Bertz CT molecular complexity index is 1260. The molecule has 0 spiro atoms. The van der Waals surface area contributed by atoms with Gasteiger partial charge in [-0.25, -0.2) is 0 Å². The summed E-state index contributed by atoms with van der Waals surface area (Å²) in [7, 11) is 0. The van der Waals surface area contributed by atoms with Crippen LogP contribution in [0.5, 0.6) is 5.75 Å². The van der Waals surface area contributed by atoms with Crippen LogP contribution in [0.15, 0.2) is 77.2 Å². The molecule has 0 unspecified atom stereocenters. The van der Waals surface area contributed by atoms with Crippen molar-refractivity contribution in [3.8, 4) is 5.75 Å². The van der Waals surface area contributed by atoms with Gasteiger partial charge in [-0.1, -0.05) is 65.7 Å². The minimum absolute atomic E-state index is 0.0725.